The van der Waals surface area contributed by atoms with Gasteiger partial charge in [0, 0.05) is 18.5 Å². The van der Waals surface area contributed by atoms with Gasteiger partial charge in [0.2, 0.25) is 5.91 Å². The fraction of sp³-hybridized carbons (Fsp3) is 0.929. The molecular weight excluding hydrogens is 298 g/mol. The number of halogens is 1. The lowest BCUT2D eigenvalue weighted by molar-refractivity contribution is -0.133. The van der Waals surface area contributed by atoms with Crippen LogP contribution < -0.4 is 0 Å². The van der Waals surface area contributed by atoms with Crippen molar-refractivity contribution >= 4 is 27.3 Å². The van der Waals surface area contributed by atoms with Crippen LogP contribution in [0.5, 0.6) is 0 Å². The number of rotatable bonds is 4. The highest BCUT2D eigenvalue weighted by Gasteiger charge is 2.39. The Kier molecular flexibility index (Phi) is 5.73. The van der Waals surface area contributed by atoms with Crippen LogP contribution in [0.4, 0.5) is 0 Å². The Morgan fingerprint density at radius 1 is 1.05 bits per heavy atom. The maximum Gasteiger partial charge on any atom is 0.241 e. The first-order valence-corrected chi connectivity index (χ1v) is 9.89. The van der Waals surface area contributed by atoms with E-state index in [1.165, 1.54) is 6.42 Å². The highest BCUT2D eigenvalue weighted by atomic mass is 35.5. The standard InChI is InChI=1S/C14H24ClNO3S/c15-9-10-16(12-6-2-1-3-7-12)14(17)13-8-4-5-11-20(13,18)19/h12-13H,1-11H2. The lowest BCUT2D eigenvalue weighted by atomic mass is 9.94. The zero-order valence-corrected chi connectivity index (χ0v) is 13.5. The molecule has 20 heavy (non-hydrogen) atoms. The third kappa shape index (κ3) is 3.67. The van der Waals surface area contributed by atoms with Gasteiger partial charge in [0.1, 0.15) is 5.25 Å². The van der Waals surface area contributed by atoms with Gasteiger partial charge < -0.3 is 4.90 Å². The van der Waals surface area contributed by atoms with E-state index in [9.17, 15) is 13.2 Å². The van der Waals surface area contributed by atoms with Crippen LogP contribution in [0.15, 0.2) is 0 Å². The monoisotopic (exact) mass is 321 g/mol. The van der Waals surface area contributed by atoms with Crippen molar-refractivity contribution in [3.05, 3.63) is 0 Å². The summed E-state index contributed by atoms with van der Waals surface area (Å²) in [4.78, 5) is 14.5. The molecule has 116 valence electrons. The Morgan fingerprint density at radius 3 is 2.30 bits per heavy atom. The number of nitrogens with zero attached hydrogens (tertiary/aromatic N) is 1. The summed E-state index contributed by atoms with van der Waals surface area (Å²) in [6.45, 7) is 0.469. The number of amides is 1. The SMILES string of the molecule is O=C(C1CCCCS1(=O)=O)N(CCCl)C1CCCCC1. The molecule has 0 aromatic rings. The van der Waals surface area contributed by atoms with E-state index in [4.69, 9.17) is 11.6 Å². The van der Waals surface area contributed by atoms with Crippen LogP contribution in [0.1, 0.15) is 51.4 Å². The fourth-order valence-electron chi connectivity index (χ4n) is 3.37. The molecule has 0 aromatic heterocycles. The van der Waals surface area contributed by atoms with E-state index in [2.05, 4.69) is 0 Å². The van der Waals surface area contributed by atoms with Crippen LogP contribution in [-0.4, -0.2) is 48.7 Å². The molecule has 4 nitrogen and oxygen atoms in total. The van der Waals surface area contributed by atoms with Crippen LogP contribution in [0.25, 0.3) is 0 Å². The molecule has 6 heteroatoms. The smallest absolute Gasteiger partial charge is 0.241 e. The van der Waals surface area contributed by atoms with Gasteiger partial charge in [0.25, 0.3) is 0 Å². The molecule has 1 unspecified atom stereocenters. The first-order chi connectivity index (χ1) is 9.56. The van der Waals surface area contributed by atoms with Crippen molar-refractivity contribution in [2.75, 3.05) is 18.2 Å². The molecule has 1 aliphatic heterocycles. The van der Waals surface area contributed by atoms with E-state index < -0.39 is 15.1 Å². The normalized spacial score (nSPS) is 27.1. The van der Waals surface area contributed by atoms with Crippen molar-refractivity contribution in [3.8, 4) is 0 Å². The molecule has 1 atom stereocenters. The summed E-state index contributed by atoms with van der Waals surface area (Å²) in [5, 5.41) is -0.818. The molecule has 1 aliphatic carbocycles. The zero-order valence-electron chi connectivity index (χ0n) is 11.9. The van der Waals surface area contributed by atoms with Crippen molar-refractivity contribution in [1.82, 2.24) is 4.90 Å². The summed E-state index contributed by atoms with van der Waals surface area (Å²) in [5.41, 5.74) is 0. The van der Waals surface area contributed by atoms with Crippen LogP contribution in [0, 0.1) is 0 Å². The Morgan fingerprint density at radius 2 is 1.70 bits per heavy atom. The second-order valence-electron chi connectivity index (χ2n) is 5.86. The first-order valence-electron chi connectivity index (χ1n) is 7.64. The molecule has 0 bridgehead atoms. The number of alkyl halides is 1. The summed E-state index contributed by atoms with van der Waals surface area (Å²) < 4.78 is 24.3. The Bertz CT molecular complexity index is 432. The first kappa shape index (κ1) is 16.1. The van der Waals surface area contributed by atoms with Gasteiger partial charge in [-0.05, 0) is 25.7 Å². The van der Waals surface area contributed by atoms with Gasteiger partial charge in [-0.25, -0.2) is 8.42 Å². The number of hydrogen-bond acceptors (Lipinski definition) is 3. The van der Waals surface area contributed by atoms with Gasteiger partial charge in [0.05, 0.1) is 5.75 Å². The molecule has 0 N–H and O–H groups in total. The third-order valence-electron chi connectivity index (χ3n) is 4.48. The number of hydrogen-bond donors (Lipinski definition) is 0. The van der Waals surface area contributed by atoms with E-state index in [1.807, 2.05) is 0 Å². The average Bonchev–Trinajstić information content (AvgIpc) is 2.44. The van der Waals surface area contributed by atoms with Gasteiger partial charge in [0.15, 0.2) is 9.84 Å². The Balaban J connectivity index is 2.13. The van der Waals surface area contributed by atoms with Gasteiger partial charge in [-0.3, -0.25) is 4.79 Å². The van der Waals surface area contributed by atoms with Crippen LogP contribution >= 0.6 is 11.6 Å². The summed E-state index contributed by atoms with van der Waals surface area (Å²) in [5.74, 6) is 0.329. The van der Waals surface area contributed by atoms with E-state index in [0.29, 0.717) is 25.3 Å². The van der Waals surface area contributed by atoms with Gasteiger partial charge in [-0.2, -0.15) is 0 Å². The minimum atomic E-state index is -3.26. The molecule has 2 aliphatic rings. The molecule has 2 rings (SSSR count). The van der Waals surface area contributed by atoms with E-state index in [-0.39, 0.29) is 17.7 Å². The molecule has 0 spiro atoms. The lowest BCUT2D eigenvalue weighted by Crippen LogP contribution is -2.50. The Hall–Kier alpha value is -0.290. The minimum Gasteiger partial charge on any atom is -0.337 e. The fourth-order valence-corrected chi connectivity index (χ4v) is 5.41. The molecule has 1 heterocycles. The van der Waals surface area contributed by atoms with Crippen LogP contribution in [0.3, 0.4) is 0 Å². The Labute approximate surface area is 126 Å². The molecule has 2 fully saturated rings. The van der Waals surface area contributed by atoms with E-state index >= 15 is 0 Å². The highest BCUT2D eigenvalue weighted by Crippen LogP contribution is 2.27. The zero-order chi connectivity index (χ0) is 14.6. The van der Waals surface area contributed by atoms with Crippen molar-refractivity contribution in [1.29, 1.82) is 0 Å². The molecule has 0 radical (unpaired) electrons. The largest absolute Gasteiger partial charge is 0.337 e. The molecule has 0 aromatic carbocycles. The maximum absolute atomic E-state index is 12.7. The van der Waals surface area contributed by atoms with Crippen LogP contribution in [-0.2, 0) is 14.6 Å². The predicted octanol–water partition coefficient (Wildman–Crippen LogP) is 2.35. The number of carbonyl (C=O) groups is 1. The summed E-state index contributed by atoms with van der Waals surface area (Å²) >= 11 is 5.83. The lowest BCUT2D eigenvalue weighted by Gasteiger charge is -2.36. The summed E-state index contributed by atoms with van der Waals surface area (Å²) in [6, 6.07) is 0.187. The maximum atomic E-state index is 12.7. The molecule has 1 amide bonds. The molecule has 1 saturated heterocycles. The number of sulfone groups is 1. The highest BCUT2D eigenvalue weighted by molar-refractivity contribution is 7.92. The van der Waals surface area contributed by atoms with Crippen molar-refractivity contribution in [3.63, 3.8) is 0 Å². The quantitative estimate of drug-likeness (QED) is 0.747. The van der Waals surface area contributed by atoms with E-state index in [1.54, 1.807) is 4.90 Å². The van der Waals surface area contributed by atoms with Crippen LogP contribution in [0.2, 0.25) is 0 Å². The molecule has 1 saturated carbocycles. The third-order valence-corrected chi connectivity index (χ3v) is 6.81. The van der Waals surface area contributed by atoms with Crippen molar-refractivity contribution in [2.45, 2.75) is 62.7 Å². The van der Waals surface area contributed by atoms with Crippen molar-refractivity contribution < 1.29 is 13.2 Å². The topological polar surface area (TPSA) is 54.5 Å². The second-order valence-corrected chi connectivity index (χ2v) is 8.54. The van der Waals surface area contributed by atoms with Gasteiger partial charge in [-0.15, -0.1) is 11.6 Å². The predicted molar refractivity (Wildman–Crippen MR) is 80.7 cm³/mol. The average molecular weight is 322 g/mol. The van der Waals surface area contributed by atoms with Gasteiger partial charge in [-0.1, -0.05) is 25.7 Å². The summed E-state index contributed by atoms with van der Waals surface area (Å²) in [6.07, 6.45) is 7.40. The van der Waals surface area contributed by atoms with Crippen molar-refractivity contribution in [2.24, 2.45) is 0 Å². The molecular formula is C14H24ClNO3S. The number of carbonyl (C=O) groups excluding carboxylic acids is 1. The summed E-state index contributed by atoms with van der Waals surface area (Å²) in [7, 11) is -3.26. The minimum absolute atomic E-state index is 0.156. The van der Waals surface area contributed by atoms with E-state index in [0.717, 1.165) is 32.1 Å². The second kappa shape index (κ2) is 7.12. The van der Waals surface area contributed by atoms with Gasteiger partial charge >= 0.3 is 0 Å².